The molecule has 0 saturated carbocycles. The van der Waals surface area contributed by atoms with E-state index in [1.165, 1.54) is 17.7 Å². The highest BCUT2D eigenvalue weighted by Crippen LogP contribution is 2.30. The van der Waals surface area contributed by atoms with Gasteiger partial charge in [0.2, 0.25) is 0 Å². The second kappa shape index (κ2) is 7.53. The molecule has 0 aliphatic carbocycles. The highest BCUT2D eigenvalue weighted by atomic mass is 16.6. The number of nitro benzene ring substituents is 1. The Labute approximate surface area is 163 Å². The average molecular weight is 377 g/mol. The van der Waals surface area contributed by atoms with Crippen LogP contribution in [0.5, 0.6) is 0 Å². The Morgan fingerprint density at radius 2 is 1.86 bits per heavy atom. The third-order valence-corrected chi connectivity index (χ3v) is 5.32. The summed E-state index contributed by atoms with van der Waals surface area (Å²) in [6.07, 6.45) is 2.01. The monoisotopic (exact) mass is 377 g/mol. The number of hydrogen-bond donors (Lipinski definition) is 1. The Kier molecular flexibility index (Phi) is 4.93. The molecule has 144 valence electrons. The Balaban J connectivity index is 1.54. The lowest BCUT2D eigenvalue weighted by molar-refractivity contribution is -0.384. The number of nitrogens with zero attached hydrogens (tertiary/aromatic N) is 4. The molecule has 7 heteroatoms. The fraction of sp³-hybridized carbons (Fsp3) is 0.286. The second-order valence-electron chi connectivity index (χ2n) is 7.36. The molecule has 1 aliphatic rings. The van der Waals surface area contributed by atoms with Gasteiger partial charge in [0.1, 0.15) is 0 Å². The largest absolute Gasteiger partial charge is 0.326 e. The Morgan fingerprint density at radius 3 is 2.54 bits per heavy atom. The summed E-state index contributed by atoms with van der Waals surface area (Å²) in [5, 5.41) is 15.5. The molecular formula is C21H23N5O2. The van der Waals surface area contributed by atoms with Crippen molar-refractivity contribution in [2.75, 3.05) is 13.1 Å². The van der Waals surface area contributed by atoms with E-state index < -0.39 is 4.92 Å². The lowest BCUT2D eigenvalue weighted by Crippen LogP contribution is -2.28. The third-order valence-electron chi connectivity index (χ3n) is 5.32. The molecular weight excluding hydrogens is 354 g/mol. The van der Waals surface area contributed by atoms with E-state index in [1.807, 2.05) is 19.3 Å². The third kappa shape index (κ3) is 3.67. The summed E-state index contributed by atoms with van der Waals surface area (Å²) in [5.74, 6) is 0.320. The molecule has 0 amide bonds. The smallest absolute Gasteiger partial charge is 0.269 e. The lowest BCUT2D eigenvalue weighted by atomic mass is 9.95. The number of likely N-dealkylation sites (tertiary alicyclic amines) is 1. The number of hydrogen-bond acceptors (Lipinski definition) is 5. The van der Waals surface area contributed by atoms with Gasteiger partial charge in [-0.3, -0.25) is 19.7 Å². The van der Waals surface area contributed by atoms with Gasteiger partial charge in [-0.2, -0.15) is 5.10 Å². The standard InChI is InChI=1S/C21H23N5O2/c1-24-11-17(21(23-24)16-7-9-18(10-8-16)26(27)28)12-25-13-19(20(22)14-25)15-5-3-2-4-6-15/h2-11,19-20H,12-14,22H2,1H3/t19-,20+/m0/s1. The fourth-order valence-corrected chi connectivity index (χ4v) is 3.97. The molecule has 2 aromatic carbocycles. The molecule has 2 heterocycles. The summed E-state index contributed by atoms with van der Waals surface area (Å²) < 4.78 is 1.79. The number of nitrogens with two attached hydrogens (primary N) is 1. The molecule has 28 heavy (non-hydrogen) atoms. The average Bonchev–Trinajstić information content (AvgIpc) is 3.24. The summed E-state index contributed by atoms with van der Waals surface area (Å²) in [7, 11) is 1.89. The van der Waals surface area contributed by atoms with E-state index in [1.54, 1.807) is 16.8 Å². The Bertz CT molecular complexity index is 968. The van der Waals surface area contributed by atoms with Crippen molar-refractivity contribution in [2.24, 2.45) is 12.8 Å². The number of non-ortho nitro benzene ring substituents is 1. The van der Waals surface area contributed by atoms with Crippen LogP contribution in [0.25, 0.3) is 11.3 Å². The maximum absolute atomic E-state index is 10.9. The first kappa shape index (κ1) is 18.3. The molecule has 0 bridgehead atoms. The van der Waals surface area contributed by atoms with Gasteiger partial charge in [0.15, 0.2) is 0 Å². The van der Waals surface area contributed by atoms with Crippen molar-refractivity contribution in [2.45, 2.75) is 18.5 Å². The van der Waals surface area contributed by atoms with E-state index >= 15 is 0 Å². The molecule has 1 saturated heterocycles. The van der Waals surface area contributed by atoms with Gasteiger partial charge in [-0.05, 0) is 17.7 Å². The topological polar surface area (TPSA) is 90.2 Å². The normalized spacial score (nSPS) is 19.8. The maximum atomic E-state index is 10.9. The van der Waals surface area contributed by atoms with E-state index in [2.05, 4.69) is 34.3 Å². The first-order valence-electron chi connectivity index (χ1n) is 9.31. The Morgan fingerprint density at radius 1 is 1.14 bits per heavy atom. The van der Waals surface area contributed by atoms with Gasteiger partial charge in [-0.15, -0.1) is 0 Å². The van der Waals surface area contributed by atoms with Crippen molar-refractivity contribution in [1.82, 2.24) is 14.7 Å². The number of rotatable bonds is 5. The molecule has 2 atom stereocenters. The number of aryl methyl sites for hydroxylation is 1. The lowest BCUT2D eigenvalue weighted by Gasteiger charge is -2.16. The first-order valence-corrected chi connectivity index (χ1v) is 9.31. The summed E-state index contributed by atoms with van der Waals surface area (Å²) in [5.41, 5.74) is 10.6. The van der Waals surface area contributed by atoms with Crippen molar-refractivity contribution in [3.8, 4) is 11.3 Å². The van der Waals surface area contributed by atoms with Crippen molar-refractivity contribution in [3.05, 3.63) is 82.0 Å². The van der Waals surface area contributed by atoms with Gasteiger partial charge < -0.3 is 5.73 Å². The van der Waals surface area contributed by atoms with Crippen molar-refractivity contribution < 1.29 is 4.92 Å². The molecule has 1 aliphatic heterocycles. The van der Waals surface area contributed by atoms with Crippen LogP contribution in [0.2, 0.25) is 0 Å². The minimum absolute atomic E-state index is 0.0810. The van der Waals surface area contributed by atoms with Crippen LogP contribution in [0.3, 0.4) is 0 Å². The maximum Gasteiger partial charge on any atom is 0.269 e. The van der Waals surface area contributed by atoms with E-state index in [0.29, 0.717) is 5.92 Å². The van der Waals surface area contributed by atoms with Gasteiger partial charge in [0, 0.05) is 68.1 Å². The predicted molar refractivity (Wildman–Crippen MR) is 108 cm³/mol. The molecule has 4 rings (SSSR count). The Hall–Kier alpha value is -3.03. The summed E-state index contributed by atoms with van der Waals surface area (Å²) >= 11 is 0. The van der Waals surface area contributed by atoms with Crippen LogP contribution in [0.4, 0.5) is 5.69 Å². The van der Waals surface area contributed by atoms with Crippen LogP contribution >= 0.6 is 0 Å². The van der Waals surface area contributed by atoms with Crippen LogP contribution < -0.4 is 5.73 Å². The molecule has 3 aromatic rings. The highest BCUT2D eigenvalue weighted by molar-refractivity contribution is 5.64. The van der Waals surface area contributed by atoms with Crippen molar-refractivity contribution in [3.63, 3.8) is 0 Å². The minimum atomic E-state index is -0.390. The molecule has 0 unspecified atom stereocenters. The van der Waals surface area contributed by atoms with E-state index in [-0.39, 0.29) is 11.7 Å². The number of aromatic nitrogens is 2. The zero-order valence-corrected chi connectivity index (χ0v) is 15.7. The molecule has 0 radical (unpaired) electrons. The zero-order chi connectivity index (χ0) is 19.7. The van der Waals surface area contributed by atoms with Gasteiger partial charge >= 0.3 is 0 Å². The fourth-order valence-electron chi connectivity index (χ4n) is 3.97. The second-order valence-corrected chi connectivity index (χ2v) is 7.36. The number of nitro groups is 1. The first-order chi connectivity index (χ1) is 13.5. The summed E-state index contributed by atoms with van der Waals surface area (Å²) in [6, 6.07) is 17.1. The van der Waals surface area contributed by atoms with Gasteiger partial charge in [0.25, 0.3) is 5.69 Å². The van der Waals surface area contributed by atoms with Crippen LogP contribution in [-0.4, -0.2) is 38.7 Å². The summed E-state index contributed by atoms with van der Waals surface area (Å²) in [4.78, 5) is 12.9. The minimum Gasteiger partial charge on any atom is -0.326 e. The van der Waals surface area contributed by atoms with E-state index in [4.69, 9.17) is 5.73 Å². The molecule has 2 N–H and O–H groups in total. The molecule has 1 fully saturated rings. The van der Waals surface area contributed by atoms with Crippen LogP contribution in [0.15, 0.2) is 60.8 Å². The van der Waals surface area contributed by atoms with Crippen LogP contribution in [-0.2, 0) is 13.6 Å². The van der Waals surface area contributed by atoms with Gasteiger partial charge in [-0.25, -0.2) is 0 Å². The predicted octanol–water partition coefficient (Wildman–Crippen LogP) is 2.92. The van der Waals surface area contributed by atoms with Crippen molar-refractivity contribution >= 4 is 5.69 Å². The van der Waals surface area contributed by atoms with Crippen LogP contribution in [0.1, 0.15) is 17.0 Å². The van der Waals surface area contributed by atoms with Crippen LogP contribution in [0, 0.1) is 10.1 Å². The molecule has 1 aromatic heterocycles. The van der Waals surface area contributed by atoms with E-state index in [0.717, 1.165) is 36.5 Å². The van der Waals surface area contributed by atoms with E-state index in [9.17, 15) is 10.1 Å². The SMILES string of the molecule is Cn1cc(CN2C[C@@H](N)[C@H](c3ccccc3)C2)c(-c2ccc([N+](=O)[O-])cc2)n1. The summed E-state index contributed by atoms with van der Waals surface area (Å²) in [6.45, 7) is 2.48. The number of benzene rings is 2. The quantitative estimate of drug-likeness (QED) is 0.545. The van der Waals surface area contributed by atoms with Gasteiger partial charge in [-0.1, -0.05) is 30.3 Å². The molecule has 0 spiro atoms. The highest BCUT2D eigenvalue weighted by Gasteiger charge is 2.31. The van der Waals surface area contributed by atoms with Gasteiger partial charge in [0.05, 0.1) is 10.6 Å². The zero-order valence-electron chi connectivity index (χ0n) is 15.7. The molecule has 7 nitrogen and oxygen atoms in total. The van der Waals surface area contributed by atoms with Crippen molar-refractivity contribution in [1.29, 1.82) is 0 Å².